The van der Waals surface area contributed by atoms with E-state index >= 15 is 0 Å². The van der Waals surface area contributed by atoms with E-state index in [-0.39, 0.29) is 27.6 Å². The number of hydrogen-bond acceptors (Lipinski definition) is 6. The average molecular weight is 469 g/mol. The van der Waals surface area contributed by atoms with E-state index in [2.05, 4.69) is 27.5 Å². The van der Waals surface area contributed by atoms with Crippen molar-refractivity contribution in [2.45, 2.75) is 45.0 Å². The number of alkyl halides is 3. The lowest BCUT2D eigenvalue weighted by Gasteiger charge is -2.33. The fourth-order valence-corrected chi connectivity index (χ4v) is 4.53. The van der Waals surface area contributed by atoms with Gasteiger partial charge in [0.05, 0.1) is 21.3 Å². The minimum atomic E-state index is -4.58. The Hall–Kier alpha value is -3.00. The van der Waals surface area contributed by atoms with Crippen LogP contribution in [0.4, 0.5) is 23.8 Å². The molecule has 0 saturated carbocycles. The van der Waals surface area contributed by atoms with Gasteiger partial charge < -0.3 is 20.3 Å². The van der Waals surface area contributed by atoms with Gasteiger partial charge in [0.2, 0.25) is 0 Å². The molecule has 0 aromatic carbocycles. The number of halogens is 3. The number of carbonyl (C=O) groups excluding carboxylic acids is 2. The Kier molecular flexibility index (Phi) is 7.13. The smallest absolute Gasteiger partial charge is 0.417 e. The van der Waals surface area contributed by atoms with Crippen LogP contribution in [0.1, 0.15) is 42.6 Å². The second-order valence-electron chi connectivity index (χ2n) is 7.28. The van der Waals surface area contributed by atoms with Crippen LogP contribution in [0.5, 0.6) is 0 Å². The van der Waals surface area contributed by atoms with E-state index in [0.717, 1.165) is 17.4 Å². The first-order chi connectivity index (χ1) is 15.1. The van der Waals surface area contributed by atoms with Gasteiger partial charge in [-0.3, -0.25) is 4.79 Å². The summed E-state index contributed by atoms with van der Waals surface area (Å²) in [7, 11) is 1.42. The van der Waals surface area contributed by atoms with Gasteiger partial charge in [0.15, 0.2) is 6.10 Å². The molecule has 2 amide bonds. The molecule has 2 N–H and O–H groups in total. The van der Waals surface area contributed by atoms with Gasteiger partial charge in [-0.05, 0) is 32.8 Å². The molecule has 172 valence electrons. The molecule has 1 aliphatic heterocycles. The van der Waals surface area contributed by atoms with Gasteiger partial charge in [-0.25, -0.2) is 9.78 Å². The molecule has 3 heterocycles. The number of rotatable bonds is 4. The van der Waals surface area contributed by atoms with E-state index in [0.29, 0.717) is 25.9 Å². The topological polar surface area (TPSA) is 83.6 Å². The molecule has 0 unspecified atom stereocenters. The van der Waals surface area contributed by atoms with E-state index in [9.17, 15) is 22.8 Å². The van der Waals surface area contributed by atoms with Crippen molar-refractivity contribution in [2.24, 2.45) is 0 Å². The number of carbonyl (C=O) groups is 2. The Labute approximate surface area is 187 Å². The van der Waals surface area contributed by atoms with E-state index in [1.807, 2.05) is 0 Å². The minimum Gasteiger partial charge on any atom is -0.433 e. The maximum Gasteiger partial charge on any atom is 0.417 e. The van der Waals surface area contributed by atoms with Crippen molar-refractivity contribution in [1.82, 2.24) is 15.6 Å². The molecule has 0 radical (unpaired) electrons. The number of hydrogen-bond donors (Lipinski definition) is 2. The molecule has 2 aromatic rings. The molecule has 1 aliphatic rings. The third kappa shape index (κ3) is 5.24. The van der Waals surface area contributed by atoms with Crippen LogP contribution in [0.15, 0.2) is 11.4 Å². The number of pyridine rings is 1. The molecule has 1 fully saturated rings. The Balaban J connectivity index is 1.78. The largest absolute Gasteiger partial charge is 0.433 e. The first kappa shape index (κ1) is 23.7. The maximum absolute atomic E-state index is 13.7. The molecule has 2 aromatic heterocycles. The van der Waals surface area contributed by atoms with Gasteiger partial charge in [-0.15, -0.1) is 17.3 Å². The van der Waals surface area contributed by atoms with Crippen LogP contribution in [0, 0.1) is 11.8 Å². The van der Waals surface area contributed by atoms with Crippen molar-refractivity contribution in [3.63, 3.8) is 0 Å². The first-order valence-electron chi connectivity index (χ1n) is 10.00. The highest BCUT2D eigenvalue weighted by molar-refractivity contribution is 7.17. The zero-order valence-electron chi connectivity index (χ0n) is 17.8. The molecule has 7 nitrogen and oxygen atoms in total. The van der Waals surface area contributed by atoms with E-state index < -0.39 is 29.8 Å². The van der Waals surface area contributed by atoms with Gasteiger partial charge >= 0.3 is 12.3 Å². The predicted octanol–water partition coefficient (Wildman–Crippen LogP) is 3.78. The van der Waals surface area contributed by atoms with Crippen LogP contribution in [0.3, 0.4) is 0 Å². The highest BCUT2D eigenvalue weighted by atomic mass is 32.1. The maximum atomic E-state index is 13.7. The van der Waals surface area contributed by atoms with Crippen LogP contribution >= 0.6 is 11.3 Å². The Morgan fingerprint density at radius 1 is 1.34 bits per heavy atom. The standard InChI is InChI=1S/C21H23F3N4O3S/c1-4-5-12(2)31-20(30)26-13-6-8-28(9-7-13)16-10-15(21(22,23)24)18-17(27-16)14(11-32-18)19(29)25-3/h10-13H,6-9H2,1-3H3,(H,25,29)(H,26,30)/t12-/m0/s1. The lowest BCUT2D eigenvalue weighted by atomic mass is 10.0. The number of nitrogens with zero attached hydrogens (tertiary/aromatic N) is 2. The molecule has 3 rings (SSSR count). The Morgan fingerprint density at radius 3 is 2.62 bits per heavy atom. The quantitative estimate of drug-likeness (QED) is 0.668. The Bertz CT molecular complexity index is 1070. The van der Waals surface area contributed by atoms with Gasteiger partial charge in [0.25, 0.3) is 5.91 Å². The van der Waals surface area contributed by atoms with E-state index in [4.69, 9.17) is 4.74 Å². The summed E-state index contributed by atoms with van der Waals surface area (Å²) in [6.45, 7) is 4.10. The highest BCUT2D eigenvalue weighted by Crippen LogP contribution is 2.40. The first-order valence-corrected chi connectivity index (χ1v) is 10.9. The van der Waals surface area contributed by atoms with E-state index in [1.165, 1.54) is 12.4 Å². The third-order valence-electron chi connectivity index (χ3n) is 5.06. The zero-order chi connectivity index (χ0) is 23.5. The van der Waals surface area contributed by atoms with Crippen molar-refractivity contribution in [3.05, 3.63) is 22.6 Å². The summed E-state index contributed by atoms with van der Waals surface area (Å²) in [6, 6.07) is 0.855. The van der Waals surface area contributed by atoms with Crippen molar-refractivity contribution < 1.29 is 27.5 Å². The fraction of sp³-hybridized carbons (Fsp3) is 0.476. The number of piperidine rings is 1. The van der Waals surface area contributed by atoms with Crippen molar-refractivity contribution in [2.75, 3.05) is 25.0 Å². The van der Waals surface area contributed by atoms with Gasteiger partial charge in [-0.2, -0.15) is 13.2 Å². The van der Waals surface area contributed by atoms with Crippen molar-refractivity contribution in [1.29, 1.82) is 0 Å². The molecular weight excluding hydrogens is 445 g/mol. The predicted molar refractivity (Wildman–Crippen MR) is 116 cm³/mol. The number of nitrogens with one attached hydrogen (secondary N) is 2. The summed E-state index contributed by atoms with van der Waals surface area (Å²) in [5.74, 6) is 5.05. The normalized spacial score (nSPS) is 15.6. The SMILES string of the molecule is CC#C[C@H](C)OC(=O)NC1CCN(c2cc(C(F)(F)F)c3scc(C(=O)NC)c3n2)CC1. The third-order valence-corrected chi connectivity index (χ3v) is 6.06. The number of fused-ring (bicyclic) bond motifs is 1. The van der Waals surface area contributed by atoms with Gasteiger partial charge in [0, 0.05) is 31.6 Å². The van der Waals surface area contributed by atoms with Crippen LogP contribution in [-0.4, -0.2) is 49.3 Å². The molecule has 0 spiro atoms. The van der Waals surface area contributed by atoms with Crippen LogP contribution in [0.2, 0.25) is 0 Å². The minimum absolute atomic E-state index is 0.0361. The summed E-state index contributed by atoms with van der Waals surface area (Å²) >= 11 is 0.849. The molecule has 0 bridgehead atoms. The summed E-state index contributed by atoms with van der Waals surface area (Å²) in [6.07, 6.45) is -4.67. The molecule has 1 atom stereocenters. The second kappa shape index (κ2) is 9.65. The number of alkyl carbamates (subject to hydrolysis) is 1. The molecule has 32 heavy (non-hydrogen) atoms. The van der Waals surface area contributed by atoms with Crippen molar-refractivity contribution >= 4 is 39.4 Å². The average Bonchev–Trinajstić information content (AvgIpc) is 3.16. The molecule has 11 heteroatoms. The van der Waals surface area contributed by atoms with Crippen LogP contribution < -0.4 is 15.5 Å². The summed E-state index contributed by atoms with van der Waals surface area (Å²) in [5.41, 5.74) is -0.662. The van der Waals surface area contributed by atoms with Crippen molar-refractivity contribution in [3.8, 4) is 11.8 Å². The highest BCUT2D eigenvalue weighted by Gasteiger charge is 2.36. The number of ether oxygens (including phenoxy) is 1. The second-order valence-corrected chi connectivity index (χ2v) is 8.16. The Morgan fingerprint density at radius 2 is 2.03 bits per heavy atom. The molecule has 0 aliphatic carbocycles. The van der Waals surface area contributed by atoms with Crippen LogP contribution in [-0.2, 0) is 10.9 Å². The number of amides is 2. The summed E-state index contributed by atoms with van der Waals surface area (Å²) in [4.78, 5) is 30.2. The fourth-order valence-electron chi connectivity index (χ4n) is 3.51. The summed E-state index contributed by atoms with van der Waals surface area (Å²) in [5, 5.41) is 6.59. The molecule has 1 saturated heterocycles. The van der Waals surface area contributed by atoms with E-state index in [1.54, 1.807) is 18.7 Å². The monoisotopic (exact) mass is 468 g/mol. The summed E-state index contributed by atoms with van der Waals surface area (Å²) < 4.78 is 46.2. The lowest BCUT2D eigenvalue weighted by Crippen LogP contribution is -2.45. The number of anilines is 1. The van der Waals surface area contributed by atoms with Crippen LogP contribution in [0.25, 0.3) is 10.2 Å². The lowest BCUT2D eigenvalue weighted by molar-refractivity contribution is -0.136. The van der Waals surface area contributed by atoms with Gasteiger partial charge in [0.1, 0.15) is 5.82 Å². The van der Waals surface area contributed by atoms with Gasteiger partial charge in [-0.1, -0.05) is 5.92 Å². The number of thiophene rings is 1. The zero-order valence-corrected chi connectivity index (χ0v) is 18.6. The number of aromatic nitrogens is 1. The molecular formula is C21H23F3N4O3S.